The van der Waals surface area contributed by atoms with E-state index in [9.17, 15) is 4.79 Å². The van der Waals surface area contributed by atoms with Crippen LogP contribution in [0.15, 0.2) is 17.1 Å². The first-order chi connectivity index (χ1) is 6.91. The Hall–Kier alpha value is -1.44. The summed E-state index contributed by atoms with van der Waals surface area (Å²) in [5, 5.41) is 0. The average molecular weight is 203 g/mol. The molecule has 2 heteroatoms. The fourth-order valence-corrected chi connectivity index (χ4v) is 1.60. The predicted octanol–water partition coefficient (Wildman–Crippen LogP) is 3.29. The Bertz CT molecular complexity index is 407. The number of nitrogens with zero attached hydrogens (tertiary/aromatic N) is 1. The summed E-state index contributed by atoms with van der Waals surface area (Å²) in [6, 6.07) is 4.17. The van der Waals surface area contributed by atoms with Crippen LogP contribution in [0.25, 0.3) is 0 Å². The summed E-state index contributed by atoms with van der Waals surface area (Å²) in [7, 11) is 0. The van der Waals surface area contributed by atoms with Crippen LogP contribution in [0.1, 0.15) is 30.5 Å². The lowest BCUT2D eigenvalue weighted by molar-refractivity contribution is -0.111. The normalized spacial score (nSPS) is 11.7. The molecular weight excluding hydrogens is 186 g/mol. The minimum Gasteiger partial charge on any atom is -0.293 e. The lowest BCUT2D eigenvalue weighted by Crippen LogP contribution is -2.03. The molecular formula is C13H17NO. The molecule has 0 unspecified atom stereocenters. The van der Waals surface area contributed by atoms with E-state index >= 15 is 0 Å². The van der Waals surface area contributed by atoms with Crippen molar-refractivity contribution in [3.63, 3.8) is 0 Å². The second-order valence-corrected chi connectivity index (χ2v) is 4.00. The maximum atomic E-state index is 11.1. The third-order valence-corrected chi connectivity index (χ3v) is 2.42. The van der Waals surface area contributed by atoms with Gasteiger partial charge in [-0.2, -0.15) is 0 Å². The molecule has 0 atom stereocenters. The second-order valence-electron chi connectivity index (χ2n) is 4.00. The maximum Gasteiger partial charge on any atom is 0.173 e. The number of ketones is 1. The molecule has 15 heavy (non-hydrogen) atoms. The van der Waals surface area contributed by atoms with Gasteiger partial charge in [-0.3, -0.25) is 4.79 Å². The molecule has 0 aromatic heterocycles. The SMILES string of the molecule is CC(=O)C(C)=Nc1c(C)cc(C)cc1C. The Balaban J connectivity index is 3.27. The van der Waals surface area contributed by atoms with Gasteiger partial charge in [0, 0.05) is 6.92 Å². The average Bonchev–Trinajstić information content (AvgIpc) is 2.10. The number of aryl methyl sites for hydroxylation is 3. The monoisotopic (exact) mass is 203 g/mol. The number of carbonyl (C=O) groups is 1. The molecule has 0 aliphatic carbocycles. The second kappa shape index (κ2) is 4.39. The van der Waals surface area contributed by atoms with E-state index in [-0.39, 0.29) is 5.78 Å². The predicted molar refractivity (Wildman–Crippen MR) is 64.1 cm³/mol. The first-order valence-corrected chi connectivity index (χ1v) is 5.06. The Morgan fingerprint density at radius 3 is 1.93 bits per heavy atom. The molecule has 80 valence electrons. The number of hydrogen-bond acceptors (Lipinski definition) is 2. The van der Waals surface area contributed by atoms with E-state index in [0.717, 1.165) is 16.8 Å². The first kappa shape index (κ1) is 11.6. The van der Waals surface area contributed by atoms with Crippen molar-refractivity contribution in [1.82, 2.24) is 0 Å². The van der Waals surface area contributed by atoms with Gasteiger partial charge in [-0.15, -0.1) is 0 Å². The van der Waals surface area contributed by atoms with Crippen molar-refractivity contribution in [2.45, 2.75) is 34.6 Å². The van der Waals surface area contributed by atoms with Crippen LogP contribution >= 0.6 is 0 Å². The highest BCUT2D eigenvalue weighted by Crippen LogP contribution is 2.25. The molecule has 0 aliphatic heterocycles. The van der Waals surface area contributed by atoms with Gasteiger partial charge >= 0.3 is 0 Å². The maximum absolute atomic E-state index is 11.1. The molecule has 0 N–H and O–H groups in total. The van der Waals surface area contributed by atoms with Gasteiger partial charge in [0.05, 0.1) is 11.4 Å². The van der Waals surface area contributed by atoms with Gasteiger partial charge in [0.1, 0.15) is 0 Å². The van der Waals surface area contributed by atoms with Gasteiger partial charge in [-0.05, 0) is 38.8 Å². The lowest BCUT2D eigenvalue weighted by atomic mass is 10.1. The van der Waals surface area contributed by atoms with Crippen LogP contribution < -0.4 is 0 Å². The molecule has 0 heterocycles. The molecule has 0 bridgehead atoms. The van der Waals surface area contributed by atoms with Gasteiger partial charge in [0.15, 0.2) is 5.78 Å². The highest BCUT2D eigenvalue weighted by atomic mass is 16.1. The Morgan fingerprint density at radius 1 is 1.07 bits per heavy atom. The van der Waals surface area contributed by atoms with E-state index in [2.05, 4.69) is 24.0 Å². The molecule has 0 spiro atoms. The highest BCUT2D eigenvalue weighted by Gasteiger charge is 2.04. The summed E-state index contributed by atoms with van der Waals surface area (Å²) < 4.78 is 0. The molecule has 0 saturated heterocycles. The van der Waals surface area contributed by atoms with Crippen LogP contribution in [0.4, 0.5) is 5.69 Å². The van der Waals surface area contributed by atoms with Gasteiger partial charge in [0.25, 0.3) is 0 Å². The van der Waals surface area contributed by atoms with Crippen LogP contribution in [0.3, 0.4) is 0 Å². The van der Waals surface area contributed by atoms with Crippen LogP contribution in [0.5, 0.6) is 0 Å². The highest BCUT2D eigenvalue weighted by molar-refractivity contribution is 6.38. The van der Waals surface area contributed by atoms with Crippen LogP contribution in [-0.4, -0.2) is 11.5 Å². The number of aliphatic imine (C=N–C) groups is 1. The number of hydrogen-bond donors (Lipinski definition) is 0. The number of carbonyl (C=O) groups excluding carboxylic acids is 1. The Kier molecular flexibility index (Phi) is 3.40. The van der Waals surface area contributed by atoms with E-state index in [1.54, 1.807) is 6.92 Å². The minimum atomic E-state index is 0.0226. The zero-order valence-corrected chi connectivity index (χ0v) is 10.0. The van der Waals surface area contributed by atoms with Crippen LogP contribution in [0, 0.1) is 20.8 Å². The molecule has 2 nitrogen and oxygen atoms in total. The number of Topliss-reactive ketones (excluding diaryl/α,β-unsaturated/α-hetero) is 1. The molecule has 1 aromatic rings. The minimum absolute atomic E-state index is 0.0226. The standard InChI is InChI=1S/C13H17NO/c1-8-6-9(2)13(10(3)7-8)14-11(4)12(5)15/h6-7H,1-5H3. The van der Waals surface area contributed by atoms with E-state index in [4.69, 9.17) is 0 Å². The smallest absolute Gasteiger partial charge is 0.173 e. The van der Waals surface area contributed by atoms with E-state index in [0.29, 0.717) is 5.71 Å². The van der Waals surface area contributed by atoms with E-state index < -0.39 is 0 Å². The molecule has 1 rings (SSSR count). The van der Waals surface area contributed by atoms with Crippen molar-refractivity contribution in [1.29, 1.82) is 0 Å². The molecule has 0 radical (unpaired) electrons. The molecule has 1 aromatic carbocycles. The molecule has 0 fully saturated rings. The fourth-order valence-electron chi connectivity index (χ4n) is 1.60. The van der Waals surface area contributed by atoms with Gasteiger partial charge in [-0.25, -0.2) is 4.99 Å². The summed E-state index contributed by atoms with van der Waals surface area (Å²) in [4.78, 5) is 15.5. The van der Waals surface area contributed by atoms with E-state index in [1.807, 2.05) is 13.8 Å². The Labute approximate surface area is 91.0 Å². The first-order valence-electron chi connectivity index (χ1n) is 5.06. The Morgan fingerprint density at radius 2 is 1.53 bits per heavy atom. The third-order valence-electron chi connectivity index (χ3n) is 2.42. The van der Waals surface area contributed by atoms with Gasteiger partial charge in [0.2, 0.25) is 0 Å². The van der Waals surface area contributed by atoms with Crippen molar-refractivity contribution in [2.75, 3.05) is 0 Å². The van der Waals surface area contributed by atoms with Crippen LogP contribution in [0.2, 0.25) is 0 Å². The number of benzene rings is 1. The molecule has 0 aliphatic rings. The number of rotatable bonds is 2. The summed E-state index contributed by atoms with van der Waals surface area (Å²) in [6.45, 7) is 9.39. The van der Waals surface area contributed by atoms with Crippen molar-refractivity contribution in [3.8, 4) is 0 Å². The largest absolute Gasteiger partial charge is 0.293 e. The lowest BCUT2D eigenvalue weighted by Gasteiger charge is -2.07. The van der Waals surface area contributed by atoms with Gasteiger partial charge in [-0.1, -0.05) is 17.7 Å². The topological polar surface area (TPSA) is 29.4 Å². The van der Waals surface area contributed by atoms with E-state index in [1.165, 1.54) is 12.5 Å². The summed E-state index contributed by atoms with van der Waals surface area (Å²) in [5.41, 5.74) is 4.95. The van der Waals surface area contributed by atoms with Crippen molar-refractivity contribution in [3.05, 3.63) is 28.8 Å². The fraction of sp³-hybridized carbons (Fsp3) is 0.385. The van der Waals surface area contributed by atoms with Gasteiger partial charge < -0.3 is 0 Å². The summed E-state index contributed by atoms with van der Waals surface area (Å²) in [6.07, 6.45) is 0. The zero-order valence-electron chi connectivity index (χ0n) is 10.0. The summed E-state index contributed by atoms with van der Waals surface area (Å²) >= 11 is 0. The van der Waals surface area contributed by atoms with Crippen molar-refractivity contribution >= 4 is 17.2 Å². The third kappa shape index (κ3) is 2.75. The summed E-state index contributed by atoms with van der Waals surface area (Å²) in [5.74, 6) is 0.0226. The van der Waals surface area contributed by atoms with Crippen molar-refractivity contribution in [2.24, 2.45) is 4.99 Å². The van der Waals surface area contributed by atoms with Crippen LogP contribution in [-0.2, 0) is 4.79 Å². The zero-order chi connectivity index (χ0) is 11.6. The van der Waals surface area contributed by atoms with Crippen molar-refractivity contribution < 1.29 is 4.79 Å². The quantitative estimate of drug-likeness (QED) is 0.678. The molecule has 0 amide bonds. The molecule has 0 saturated carbocycles.